The summed E-state index contributed by atoms with van der Waals surface area (Å²) in [5, 5.41) is 4.16. The Kier molecular flexibility index (Phi) is 6.10. The zero-order valence-electron chi connectivity index (χ0n) is 18.6. The summed E-state index contributed by atoms with van der Waals surface area (Å²) in [7, 11) is 0. The molecule has 3 aromatic heterocycles. The largest absolute Gasteiger partial charge is 0.461 e. The van der Waals surface area contributed by atoms with E-state index in [0.717, 1.165) is 65.3 Å². The van der Waals surface area contributed by atoms with Crippen LogP contribution in [0.5, 0.6) is 11.5 Å². The summed E-state index contributed by atoms with van der Waals surface area (Å²) in [4.78, 5) is 14.4. The Bertz CT molecular complexity index is 1280. The van der Waals surface area contributed by atoms with Crippen molar-refractivity contribution in [3.05, 3.63) is 36.4 Å². The molecule has 4 heterocycles. The number of nitrogen functional groups attached to an aromatic ring is 1. The molecular weight excluding hydrogens is 440 g/mol. The number of ether oxygens (including phenoxy) is 2. The molecule has 1 aliphatic rings. The Balaban J connectivity index is 1.53. The predicted octanol–water partition coefficient (Wildman–Crippen LogP) is 4.25. The second-order valence-electron chi connectivity index (χ2n) is 7.75. The molecule has 0 amide bonds. The van der Waals surface area contributed by atoms with Crippen molar-refractivity contribution in [1.82, 2.24) is 24.8 Å². The highest BCUT2D eigenvalue weighted by atomic mass is 32.2. The number of hydrogen-bond acceptors (Lipinski definition) is 9. The molecule has 9 nitrogen and oxygen atoms in total. The van der Waals surface area contributed by atoms with Gasteiger partial charge in [0.1, 0.15) is 17.8 Å². The van der Waals surface area contributed by atoms with Crippen molar-refractivity contribution in [3.63, 3.8) is 0 Å². The number of rotatable bonds is 9. The van der Waals surface area contributed by atoms with Crippen LogP contribution >= 0.6 is 11.8 Å². The van der Waals surface area contributed by atoms with Gasteiger partial charge in [-0.2, -0.15) is 0 Å². The van der Waals surface area contributed by atoms with Crippen LogP contribution in [0.4, 0.5) is 5.82 Å². The summed E-state index contributed by atoms with van der Waals surface area (Å²) in [6.07, 6.45) is 3.53. The number of nitrogens with one attached hydrogen (secondary N) is 1. The summed E-state index contributed by atoms with van der Waals surface area (Å²) in [5.74, 6) is 3.39. The lowest BCUT2D eigenvalue weighted by atomic mass is 10.1. The fourth-order valence-corrected chi connectivity index (χ4v) is 4.85. The first-order chi connectivity index (χ1) is 16.1. The second-order valence-corrected chi connectivity index (χ2v) is 8.76. The summed E-state index contributed by atoms with van der Waals surface area (Å²) < 4.78 is 19.3. The van der Waals surface area contributed by atoms with Crippen LogP contribution in [-0.4, -0.2) is 39.4 Å². The molecule has 172 valence electrons. The monoisotopic (exact) mass is 466 g/mol. The van der Waals surface area contributed by atoms with Gasteiger partial charge in [0.05, 0.1) is 0 Å². The minimum atomic E-state index is 0.205. The summed E-state index contributed by atoms with van der Waals surface area (Å²) in [6.45, 7) is 6.97. The highest BCUT2D eigenvalue weighted by Crippen LogP contribution is 2.45. The third-order valence-electron chi connectivity index (χ3n) is 5.44. The van der Waals surface area contributed by atoms with E-state index in [2.05, 4.69) is 26.8 Å². The van der Waals surface area contributed by atoms with Gasteiger partial charge in [-0.05, 0) is 57.1 Å². The van der Waals surface area contributed by atoms with Gasteiger partial charge >= 0.3 is 0 Å². The predicted molar refractivity (Wildman–Crippen MR) is 127 cm³/mol. The number of furan rings is 1. The SMILES string of the molecule is CCNCCCCn1c(Sc2cc3c(cc2-c2ccc(C)o2)OCO3)nc2c(N)ncnc21. The molecule has 3 N–H and O–H groups in total. The van der Waals surface area contributed by atoms with E-state index in [-0.39, 0.29) is 6.79 Å². The Morgan fingerprint density at radius 3 is 2.79 bits per heavy atom. The molecular formula is C23H26N6O3S. The molecule has 1 aliphatic heterocycles. The summed E-state index contributed by atoms with van der Waals surface area (Å²) >= 11 is 1.53. The third-order valence-corrected chi connectivity index (χ3v) is 6.49. The lowest BCUT2D eigenvalue weighted by Crippen LogP contribution is -2.14. The normalized spacial score (nSPS) is 12.7. The van der Waals surface area contributed by atoms with Gasteiger partial charge in [0, 0.05) is 17.0 Å². The number of aromatic nitrogens is 4. The number of nitrogens with zero attached hydrogens (tertiary/aromatic N) is 4. The van der Waals surface area contributed by atoms with Crippen LogP contribution in [0.2, 0.25) is 0 Å². The van der Waals surface area contributed by atoms with Crippen molar-refractivity contribution in [2.24, 2.45) is 0 Å². The van der Waals surface area contributed by atoms with Crippen LogP contribution in [0.25, 0.3) is 22.5 Å². The third kappa shape index (κ3) is 4.36. The average molecular weight is 467 g/mol. The number of nitrogens with two attached hydrogens (primary N) is 1. The van der Waals surface area contributed by atoms with Crippen LogP contribution in [-0.2, 0) is 6.54 Å². The fraction of sp³-hybridized carbons (Fsp3) is 0.348. The smallest absolute Gasteiger partial charge is 0.231 e. The number of imidazole rings is 1. The first-order valence-electron chi connectivity index (χ1n) is 11.0. The van der Waals surface area contributed by atoms with E-state index in [4.69, 9.17) is 24.6 Å². The van der Waals surface area contributed by atoms with Gasteiger partial charge in [-0.1, -0.05) is 18.7 Å². The van der Waals surface area contributed by atoms with Gasteiger partial charge in [0.15, 0.2) is 33.6 Å². The maximum atomic E-state index is 6.13. The number of unbranched alkanes of at least 4 members (excludes halogenated alkanes) is 1. The Morgan fingerprint density at radius 1 is 1.15 bits per heavy atom. The minimum Gasteiger partial charge on any atom is -0.461 e. The van der Waals surface area contributed by atoms with Crippen molar-refractivity contribution < 1.29 is 13.9 Å². The summed E-state index contributed by atoms with van der Waals surface area (Å²) in [5.41, 5.74) is 8.40. The average Bonchev–Trinajstić information content (AvgIpc) is 3.52. The zero-order valence-corrected chi connectivity index (χ0v) is 19.4. The summed E-state index contributed by atoms with van der Waals surface area (Å²) in [6, 6.07) is 7.85. The highest BCUT2D eigenvalue weighted by molar-refractivity contribution is 7.99. The minimum absolute atomic E-state index is 0.205. The molecule has 0 atom stereocenters. The Morgan fingerprint density at radius 2 is 2.00 bits per heavy atom. The molecule has 0 radical (unpaired) electrons. The topological polar surface area (TPSA) is 113 Å². The van der Waals surface area contributed by atoms with E-state index in [9.17, 15) is 0 Å². The van der Waals surface area contributed by atoms with E-state index in [1.807, 2.05) is 31.2 Å². The molecule has 0 saturated carbocycles. The van der Waals surface area contributed by atoms with Crippen molar-refractivity contribution in [2.75, 3.05) is 25.6 Å². The molecule has 5 rings (SSSR count). The van der Waals surface area contributed by atoms with Crippen LogP contribution in [0.1, 0.15) is 25.5 Å². The first kappa shape index (κ1) is 21.6. The Hall–Kier alpha value is -3.24. The number of fused-ring (bicyclic) bond motifs is 2. The fourth-order valence-electron chi connectivity index (χ4n) is 3.79. The van der Waals surface area contributed by atoms with Gasteiger partial charge in [-0.3, -0.25) is 0 Å². The second kappa shape index (κ2) is 9.32. The van der Waals surface area contributed by atoms with Gasteiger partial charge < -0.3 is 29.5 Å². The molecule has 4 aromatic rings. The molecule has 0 spiro atoms. The van der Waals surface area contributed by atoms with Gasteiger partial charge in [0.2, 0.25) is 6.79 Å². The van der Waals surface area contributed by atoms with Crippen LogP contribution in [0, 0.1) is 6.92 Å². The van der Waals surface area contributed by atoms with E-state index in [1.54, 1.807) is 0 Å². The zero-order chi connectivity index (χ0) is 22.8. The lowest BCUT2D eigenvalue weighted by Gasteiger charge is -2.11. The molecule has 0 saturated heterocycles. The highest BCUT2D eigenvalue weighted by Gasteiger charge is 2.23. The standard InChI is InChI=1S/C23H26N6O3S/c1-3-25-8-4-5-9-29-22-20(21(24)26-12-27-22)28-23(29)33-19-11-18-17(30-13-31-18)10-15(19)16-7-6-14(2)32-16/h6-7,10-12,25H,3-5,8-9,13H2,1-2H3,(H2,24,26,27). The van der Waals surface area contributed by atoms with E-state index in [1.165, 1.54) is 18.1 Å². The van der Waals surface area contributed by atoms with Crippen LogP contribution in [0.3, 0.4) is 0 Å². The van der Waals surface area contributed by atoms with Crippen molar-refractivity contribution in [3.8, 4) is 22.8 Å². The molecule has 33 heavy (non-hydrogen) atoms. The van der Waals surface area contributed by atoms with Crippen LogP contribution in [0.15, 0.2) is 45.1 Å². The number of aryl methyl sites for hydroxylation is 2. The number of anilines is 1. The Labute approximate surface area is 195 Å². The van der Waals surface area contributed by atoms with E-state index in [0.29, 0.717) is 22.8 Å². The maximum absolute atomic E-state index is 6.13. The lowest BCUT2D eigenvalue weighted by molar-refractivity contribution is 0.174. The number of hydrogen-bond donors (Lipinski definition) is 2. The van der Waals surface area contributed by atoms with Gasteiger partial charge in [-0.15, -0.1) is 0 Å². The van der Waals surface area contributed by atoms with Crippen molar-refractivity contribution in [1.29, 1.82) is 0 Å². The van der Waals surface area contributed by atoms with Gasteiger partial charge in [-0.25, -0.2) is 15.0 Å². The van der Waals surface area contributed by atoms with Crippen LogP contribution < -0.4 is 20.5 Å². The molecule has 0 aliphatic carbocycles. The van der Waals surface area contributed by atoms with Crippen molar-refractivity contribution >= 4 is 28.7 Å². The number of benzene rings is 1. The molecule has 0 bridgehead atoms. The molecule has 1 aromatic carbocycles. The quantitative estimate of drug-likeness (QED) is 0.350. The van der Waals surface area contributed by atoms with Gasteiger partial charge in [0.25, 0.3) is 0 Å². The first-order valence-corrected chi connectivity index (χ1v) is 11.8. The van der Waals surface area contributed by atoms with E-state index >= 15 is 0 Å². The molecule has 0 fully saturated rings. The maximum Gasteiger partial charge on any atom is 0.231 e. The van der Waals surface area contributed by atoms with Crippen molar-refractivity contribution in [2.45, 2.75) is 43.3 Å². The molecule has 0 unspecified atom stereocenters. The molecule has 10 heteroatoms. The van der Waals surface area contributed by atoms with E-state index < -0.39 is 0 Å².